The van der Waals surface area contributed by atoms with Crippen molar-refractivity contribution in [1.82, 2.24) is 0 Å². The molecule has 1 rings (SSSR count). The molecule has 0 aliphatic heterocycles. The van der Waals surface area contributed by atoms with Crippen molar-refractivity contribution in [1.29, 1.82) is 0 Å². The van der Waals surface area contributed by atoms with Crippen molar-refractivity contribution in [3.8, 4) is 0 Å². The van der Waals surface area contributed by atoms with Gasteiger partial charge >= 0.3 is 11.0 Å². The van der Waals surface area contributed by atoms with Gasteiger partial charge in [-0.3, -0.25) is 14.9 Å². The smallest absolute Gasteiger partial charge is 0.328 e. The third-order valence-corrected chi connectivity index (χ3v) is 3.19. The molecule has 1 heterocycles. The maximum Gasteiger partial charge on any atom is 0.328 e. The van der Waals surface area contributed by atoms with Crippen molar-refractivity contribution in [2.24, 2.45) is 0 Å². The lowest BCUT2D eigenvalue weighted by atomic mass is 10.2. The van der Waals surface area contributed by atoms with Gasteiger partial charge in [-0.15, -0.1) is 0 Å². The third kappa shape index (κ3) is 3.28. The Morgan fingerprint density at radius 1 is 1.73 bits per heavy atom. The lowest BCUT2D eigenvalue weighted by molar-refractivity contribution is -0.380. The van der Waals surface area contributed by atoms with Crippen LogP contribution in [0.3, 0.4) is 0 Å². The summed E-state index contributed by atoms with van der Waals surface area (Å²) in [5, 5.41) is 10.6. The van der Waals surface area contributed by atoms with Crippen LogP contribution in [0.25, 0.3) is 0 Å². The zero-order valence-electron chi connectivity index (χ0n) is 7.86. The molecule has 1 aromatic heterocycles. The summed E-state index contributed by atoms with van der Waals surface area (Å²) in [5.74, 6) is -0.453. The molecule has 0 saturated heterocycles. The Hall–Kier alpha value is -0.950. The van der Waals surface area contributed by atoms with E-state index in [0.29, 0.717) is 9.35 Å². The highest BCUT2D eigenvalue weighted by atomic mass is 79.9. The summed E-state index contributed by atoms with van der Waals surface area (Å²) >= 11 is 4.13. The van der Waals surface area contributed by atoms with Crippen LogP contribution in [0.4, 0.5) is 5.00 Å². The first-order valence-electron chi connectivity index (χ1n) is 4.12. The number of ether oxygens (including phenoxy) is 1. The van der Waals surface area contributed by atoms with Crippen LogP contribution in [0.1, 0.15) is 12.5 Å². The molecule has 0 atom stereocenters. The fourth-order valence-corrected chi connectivity index (χ4v) is 2.49. The summed E-state index contributed by atoms with van der Waals surface area (Å²) in [4.78, 5) is 21.3. The molecule has 0 aliphatic rings. The van der Waals surface area contributed by atoms with Crippen LogP contribution in [0.5, 0.6) is 0 Å². The van der Waals surface area contributed by atoms with Gasteiger partial charge in [0.15, 0.2) is 0 Å². The Morgan fingerprint density at radius 2 is 2.40 bits per heavy atom. The van der Waals surface area contributed by atoms with E-state index < -0.39 is 10.9 Å². The molecule has 7 heteroatoms. The Bertz CT molecular complexity index is 390. The lowest BCUT2D eigenvalue weighted by Gasteiger charge is -1.98. The van der Waals surface area contributed by atoms with Crippen LogP contribution in [0.15, 0.2) is 9.85 Å². The van der Waals surface area contributed by atoms with Gasteiger partial charge in [0, 0.05) is 0 Å². The molecule has 1 aromatic rings. The van der Waals surface area contributed by atoms with Crippen molar-refractivity contribution in [3.05, 3.63) is 25.5 Å². The van der Waals surface area contributed by atoms with Gasteiger partial charge < -0.3 is 4.74 Å². The fourth-order valence-electron chi connectivity index (χ4n) is 1.03. The highest BCUT2D eigenvalue weighted by molar-refractivity contribution is 9.11. The molecule has 0 spiro atoms. The van der Waals surface area contributed by atoms with E-state index in [0.717, 1.165) is 11.3 Å². The monoisotopic (exact) mass is 293 g/mol. The normalized spacial score (nSPS) is 10.0. The molecule has 0 bridgehead atoms. The van der Waals surface area contributed by atoms with Gasteiger partial charge in [-0.05, 0) is 28.9 Å². The number of hydrogen-bond donors (Lipinski definition) is 0. The Morgan fingerprint density at radius 3 is 2.93 bits per heavy atom. The number of halogens is 1. The van der Waals surface area contributed by atoms with Gasteiger partial charge in [-0.2, -0.15) is 0 Å². The minimum Gasteiger partial charge on any atom is -0.466 e. The number of rotatable bonds is 4. The molecule has 0 radical (unpaired) electrons. The Labute approximate surface area is 98.3 Å². The van der Waals surface area contributed by atoms with Crippen LogP contribution in [-0.2, 0) is 16.0 Å². The summed E-state index contributed by atoms with van der Waals surface area (Å²) in [7, 11) is 0. The average molecular weight is 294 g/mol. The quantitative estimate of drug-likeness (QED) is 0.486. The molecular formula is C8H8BrNO4S. The molecular weight excluding hydrogens is 286 g/mol. The van der Waals surface area contributed by atoms with Crippen molar-refractivity contribution in [3.63, 3.8) is 0 Å². The lowest BCUT2D eigenvalue weighted by Crippen LogP contribution is -2.07. The average Bonchev–Trinajstić information content (AvgIpc) is 2.47. The standard InChI is InChI=1S/C8H8BrNO4S/c1-2-14-7(11)4-5-3-6(9)15-8(5)10(12)13/h3H,2,4H2,1H3. The first-order chi connectivity index (χ1) is 7.04. The molecule has 82 valence electrons. The van der Waals surface area contributed by atoms with Crippen molar-refractivity contribution in [2.75, 3.05) is 6.61 Å². The molecule has 0 saturated carbocycles. The first kappa shape index (κ1) is 12.1. The highest BCUT2D eigenvalue weighted by Crippen LogP contribution is 2.34. The summed E-state index contributed by atoms with van der Waals surface area (Å²) in [6.07, 6.45) is -0.0632. The number of nitro groups is 1. The molecule has 0 aromatic carbocycles. The number of thiophene rings is 1. The maximum atomic E-state index is 11.1. The fraction of sp³-hybridized carbons (Fsp3) is 0.375. The number of carbonyl (C=O) groups excluding carboxylic acids is 1. The number of esters is 1. The topological polar surface area (TPSA) is 69.4 Å². The van der Waals surface area contributed by atoms with E-state index in [4.69, 9.17) is 4.74 Å². The SMILES string of the molecule is CCOC(=O)Cc1cc(Br)sc1[N+](=O)[O-]. The minimum atomic E-state index is -0.496. The van der Waals surface area contributed by atoms with Gasteiger partial charge in [0.1, 0.15) is 0 Å². The molecule has 0 fully saturated rings. The number of hydrogen-bond acceptors (Lipinski definition) is 5. The predicted octanol–water partition coefficient (Wildman–Crippen LogP) is 2.52. The Kier molecular flexibility index (Phi) is 4.22. The van der Waals surface area contributed by atoms with Gasteiger partial charge in [0.25, 0.3) is 0 Å². The van der Waals surface area contributed by atoms with Gasteiger partial charge in [0.05, 0.1) is 27.3 Å². The predicted molar refractivity (Wildman–Crippen MR) is 59.0 cm³/mol. The van der Waals surface area contributed by atoms with Gasteiger partial charge in [-0.1, -0.05) is 11.3 Å². The second-order valence-corrected chi connectivity index (χ2v) is 5.03. The van der Waals surface area contributed by atoms with Gasteiger partial charge in [-0.25, -0.2) is 0 Å². The zero-order valence-corrected chi connectivity index (χ0v) is 10.3. The second kappa shape index (κ2) is 5.22. The second-order valence-electron chi connectivity index (χ2n) is 2.62. The van der Waals surface area contributed by atoms with Crippen LogP contribution in [-0.4, -0.2) is 17.5 Å². The van der Waals surface area contributed by atoms with E-state index in [1.807, 2.05) is 0 Å². The maximum absolute atomic E-state index is 11.1. The van der Waals surface area contributed by atoms with Crippen LogP contribution < -0.4 is 0 Å². The Balaban J connectivity index is 2.84. The zero-order chi connectivity index (χ0) is 11.4. The summed E-state index contributed by atoms with van der Waals surface area (Å²) < 4.78 is 5.35. The van der Waals surface area contributed by atoms with Crippen molar-refractivity contribution < 1.29 is 14.5 Å². The van der Waals surface area contributed by atoms with E-state index in [1.165, 1.54) is 0 Å². The largest absolute Gasteiger partial charge is 0.466 e. The summed E-state index contributed by atoms with van der Waals surface area (Å²) in [5.41, 5.74) is 0.385. The molecule has 0 amide bonds. The molecule has 0 unspecified atom stereocenters. The van der Waals surface area contributed by atoms with Crippen LogP contribution in [0.2, 0.25) is 0 Å². The van der Waals surface area contributed by atoms with E-state index in [-0.39, 0.29) is 18.0 Å². The van der Waals surface area contributed by atoms with E-state index in [1.54, 1.807) is 13.0 Å². The molecule has 15 heavy (non-hydrogen) atoms. The minimum absolute atomic E-state index is 0.0186. The molecule has 5 nitrogen and oxygen atoms in total. The summed E-state index contributed by atoms with van der Waals surface area (Å²) in [6.45, 7) is 1.97. The molecule has 0 N–H and O–H groups in total. The van der Waals surface area contributed by atoms with Crippen LogP contribution >= 0.6 is 27.3 Å². The van der Waals surface area contributed by atoms with E-state index in [9.17, 15) is 14.9 Å². The van der Waals surface area contributed by atoms with E-state index >= 15 is 0 Å². The van der Waals surface area contributed by atoms with Gasteiger partial charge in [0.2, 0.25) is 0 Å². The molecule has 0 aliphatic carbocycles. The summed E-state index contributed by atoms with van der Waals surface area (Å²) in [6, 6.07) is 1.57. The van der Waals surface area contributed by atoms with Crippen molar-refractivity contribution in [2.45, 2.75) is 13.3 Å². The number of nitrogens with zero attached hydrogens (tertiary/aromatic N) is 1. The number of carbonyl (C=O) groups is 1. The van der Waals surface area contributed by atoms with E-state index in [2.05, 4.69) is 15.9 Å². The van der Waals surface area contributed by atoms with Crippen LogP contribution in [0, 0.1) is 10.1 Å². The third-order valence-electron chi connectivity index (χ3n) is 1.56. The van der Waals surface area contributed by atoms with Crippen molar-refractivity contribution >= 4 is 38.2 Å². The first-order valence-corrected chi connectivity index (χ1v) is 5.73. The highest BCUT2D eigenvalue weighted by Gasteiger charge is 2.20.